The summed E-state index contributed by atoms with van der Waals surface area (Å²) < 4.78 is 12.7. The molecule has 1 atom stereocenters. The second kappa shape index (κ2) is 8.23. The maximum Gasteiger partial charge on any atom is 0.191 e. The Morgan fingerprint density at radius 3 is 2.88 bits per heavy atom. The maximum atomic E-state index is 10.1. The van der Waals surface area contributed by atoms with Gasteiger partial charge in [0.1, 0.15) is 24.4 Å². The molecule has 2 heterocycles. The van der Waals surface area contributed by atoms with E-state index in [9.17, 15) is 5.11 Å². The van der Waals surface area contributed by atoms with E-state index in [0.717, 1.165) is 10.9 Å². The van der Waals surface area contributed by atoms with Crippen molar-refractivity contribution >= 4 is 23.4 Å². The summed E-state index contributed by atoms with van der Waals surface area (Å²) >= 11 is 7.23. The highest BCUT2D eigenvalue weighted by Gasteiger charge is 2.11. The quantitative estimate of drug-likeness (QED) is 0.618. The molecule has 0 saturated heterocycles. The Hall–Kier alpha value is -1.96. The van der Waals surface area contributed by atoms with Gasteiger partial charge in [0, 0.05) is 10.8 Å². The molecular formula is C16H16ClN3O3S. The molecule has 0 fully saturated rings. The zero-order valence-electron chi connectivity index (χ0n) is 12.7. The van der Waals surface area contributed by atoms with Crippen LogP contribution in [0.15, 0.2) is 58.6 Å². The van der Waals surface area contributed by atoms with Gasteiger partial charge in [0.2, 0.25) is 0 Å². The Morgan fingerprint density at radius 2 is 2.12 bits per heavy atom. The van der Waals surface area contributed by atoms with Crippen molar-refractivity contribution < 1.29 is 14.3 Å². The highest BCUT2D eigenvalue weighted by atomic mass is 35.5. The highest BCUT2D eigenvalue weighted by molar-refractivity contribution is 7.99. The van der Waals surface area contributed by atoms with Gasteiger partial charge in [0.05, 0.1) is 18.9 Å². The predicted octanol–water partition coefficient (Wildman–Crippen LogP) is 3.10. The first-order valence-electron chi connectivity index (χ1n) is 7.30. The summed E-state index contributed by atoms with van der Waals surface area (Å²) in [5.74, 6) is 1.94. The number of benzene rings is 1. The van der Waals surface area contributed by atoms with Gasteiger partial charge in [-0.3, -0.25) is 0 Å². The Bertz CT molecular complexity index is 746. The number of aliphatic hydroxyl groups excluding tert-OH is 1. The van der Waals surface area contributed by atoms with Crippen LogP contribution in [-0.2, 0) is 6.54 Å². The minimum absolute atomic E-state index is 0.195. The van der Waals surface area contributed by atoms with Crippen LogP contribution in [0.4, 0.5) is 0 Å². The first kappa shape index (κ1) is 16.9. The van der Waals surface area contributed by atoms with E-state index in [0.29, 0.717) is 23.1 Å². The van der Waals surface area contributed by atoms with Crippen molar-refractivity contribution in [1.29, 1.82) is 0 Å². The van der Waals surface area contributed by atoms with Gasteiger partial charge in [-0.25, -0.2) is 0 Å². The lowest BCUT2D eigenvalue weighted by molar-refractivity contribution is 0.126. The molecular weight excluding hydrogens is 350 g/mol. The summed E-state index contributed by atoms with van der Waals surface area (Å²) in [5.41, 5.74) is 0. The molecule has 8 heteroatoms. The Labute approximate surface area is 148 Å². The number of hydrogen-bond acceptors (Lipinski definition) is 6. The van der Waals surface area contributed by atoms with E-state index in [1.54, 1.807) is 36.9 Å². The Balaban J connectivity index is 1.47. The Morgan fingerprint density at radius 1 is 1.29 bits per heavy atom. The summed E-state index contributed by atoms with van der Waals surface area (Å²) in [7, 11) is 0. The molecule has 24 heavy (non-hydrogen) atoms. The van der Waals surface area contributed by atoms with Crippen molar-refractivity contribution in [2.45, 2.75) is 17.8 Å². The highest BCUT2D eigenvalue weighted by Crippen LogP contribution is 2.19. The standard InChI is InChI=1S/C16H16ClN3O3S/c17-12-3-5-14(6-4-12)23-9-13(21)10-24-16-19-18-11-20(16)8-15-2-1-7-22-15/h1-7,11,13,21H,8-10H2. The third kappa shape index (κ3) is 4.77. The first-order valence-corrected chi connectivity index (χ1v) is 8.66. The van der Waals surface area contributed by atoms with Gasteiger partial charge in [0.25, 0.3) is 0 Å². The molecule has 126 valence electrons. The number of halogens is 1. The van der Waals surface area contributed by atoms with E-state index >= 15 is 0 Å². The van der Waals surface area contributed by atoms with Crippen molar-refractivity contribution in [3.63, 3.8) is 0 Å². The number of aromatic nitrogens is 3. The van der Waals surface area contributed by atoms with E-state index in [-0.39, 0.29) is 6.61 Å². The van der Waals surface area contributed by atoms with E-state index in [2.05, 4.69) is 10.2 Å². The number of hydrogen-bond donors (Lipinski definition) is 1. The van der Waals surface area contributed by atoms with Gasteiger partial charge in [-0.1, -0.05) is 23.4 Å². The van der Waals surface area contributed by atoms with E-state index in [4.69, 9.17) is 20.8 Å². The lowest BCUT2D eigenvalue weighted by Gasteiger charge is -2.12. The summed E-state index contributed by atoms with van der Waals surface area (Å²) in [4.78, 5) is 0. The topological polar surface area (TPSA) is 73.3 Å². The third-order valence-corrected chi connectivity index (χ3v) is 4.52. The van der Waals surface area contributed by atoms with Crippen LogP contribution < -0.4 is 4.74 Å². The summed E-state index contributed by atoms with van der Waals surface area (Å²) in [5, 5.41) is 19.4. The summed E-state index contributed by atoms with van der Waals surface area (Å²) in [6.07, 6.45) is 2.64. The fourth-order valence-electron chi connectivity index (χ4n) is 1.98. The van der Waals surface area contributed by atoms with Crippen LogP contribution in [0.5, 0.6) is 5.75 Å². The molecule has 0 aliphatic heterocycles. The fraction of sp³-hybridized carbons (Fsp3) is 0.250. The van der Waals surface area contributed by atoms with Gasteiger partial charge in [-0.05, 0) is 36.4 Å². The predicted molar refractivity (Wildman–Crippen MR) is 91.5 cm³/mol. The number of furan rings is 1. The minimum atomic E-state index is -0.626. The number of aliphatic hydroxyl groups is 1. The molecule has 0 spiro atoms. The number of ether oxygens (including phenoxy) is 1. The largest absolute Gasteiger partial charge is 0.491 e. The molecule has 3 rings (SSSR count). The molecule has 0 bridgehead atoms. The maximum absolute atomic E-state index is 10.1. The van der Waals surface area contributed by atoms with Gasteiger partial charge >= 0.3 is 0 Å². The molecule has 6 nitrogen and oxygen atoms in total. The van der Waals surface area contributed by atoms with Crippen LogP contribution in [-0.4, -0.2) is 38.3 Å². The van der Waals surface area contributed by atoms with Gasteiger partial charge < -0.3 is 18.8 Å². The average Bonchev–Trinajstić information content (AvgIpc) is 3.25. The Kier molecular flexibility index (Phi) is 5.79. The molecule has 1 N–H and O–H groups in total. The number of thioether (sulfide) groups is 1. The van der Waals surface area contributed by atoms with Crippen LogP contribution in [0.3, 0.4) is 0 Å². The fourth-order valence-corrected chi connectivity index (χ4v) is 2.92. The summed E-state index contributed by atoms with van der Waals surface area (Å²) in [6.45, 7) is 0.751. The van der Waals surface area contributed by atoms with Crippen LogP contribution >= 0.6 is 23.4 Å². The molecule has 1 aromatic carbocycles. The van der Waals surface area contributed by atoms with Crippen LogP contribution in [0.25, 0.3) is 0 Å². The lowest BCUT2D eigenvalue weighted by atomic mass is 10.3. The van der Waals surface area contributed by atoms with Gasteiger partial charge in [0.15, 0.2) is 5.16 Å². The van der Waals surface area contributed by atoms with Gasteiger partial charge in [-0.2, -0.15) is 0 Å². The molecule has 1 unspecified atom stereocenters. The van der Waals surface area contributed by atoms with Crippen molar-refractivity contribution in [2.75, 3.05) is 12.4 Å². The molecule has 0 saturated carbocycles. The molecule has 0 aliphatic rings. The molecule has 0 radical (unpaired) electrons. The zero-order chi connectivity index (χ0) is 16.8. The van der Waals surface area contributed by atoms with Crippen LogP contribution in [0, 0.1) is 0 Å². The molecule has 0 amide bonds. The normalized spacial score (nSPS) is 12.2. The molecule has 2 aromatic heterocycles. The van der Waals surface area contributed by atoms with E-state index < -0.39 is 6.10 Å². The summed E-state index contributed by atoms with van der Waals surface area (Å²) in [6, 6.07) is 10.8. The van der Waals surface area contributed by atoms with Crippen molar-refractivity contribution in [3.8, 4) is 5.75 Å². The van der Waals surface area contributed by atoms with E-state index in [1.165, 1.54) is 11.8 Å². The molecule has 3 aromatic rings. The van der Waals surface area contributed by atoms with Gasteiger partial charge in [-0.15, -0.1) is 10.2 Å². The van der Waals surface area contributed by atoms with Crippen molar-refractivity contribution in [1.82, 2.24) is 14.8 Å². The number of nitrogens with zero attached hydrogens (tertiary/aromatic N) is 3. The second-order valence-electron chi connectivity index (χ2n) is 5.05. The van der Waals surface area contributed by atoms with E-state index in [1.807, 2.05) is 16.7 Å². The van der Waals surface area contributed by atoms with Crippen molar-refractivity contribution in [2.24, 2.45) is 0 Å². The average molecular weight is 366 g/mol. The first-order chi connectivity index (χ1) is 11.7. The third-order valence-electron chi connectivity index (χ3n) is 3.15. The zero-order valence-corrected chi connectivity index (χ0v) is 14.3. The van der Waals surface area contributed by atoms with Crippen molar-refractivity contribution in [3.05, 3.63) is 59.8 Å². The minimum Gasteiger partial charge on any atom is -0.491 e. The number of rotatable bonds is 8. The SMILES string of the molecule is OC(COc1ccc(Cl)cc1)CSc1nncn1Cc1ccco1. The smallest absolute Gasteiger partial charge is 0.191 e. The van der Waals surface area contributed by atoms with Crippen LogP contribution in [0.1, 0.15) is 5.76 Å². The molecule has 0 aliphatic carbocycles. The van der Waals surface area contributed by atoms with Crippen LogP contribution in [0.2, 0.25) is 5.02 Å². The monoisotopic (exact) mass is 365 g/mol. The lowest BCUT2D eigenvalue weighted by Crippen LogP contribution is -2.20. The second-order valence-corrected chi connectivity index (χ2v) is 6.47.